The van der Waals surface area contributed by atoms with Gasteiger partial charge in [0, 0.05) is 0 Å². The van der Waals surface area contributed by atoms with E-state index in [9.17, 15) is 4.79 Å². The smallest absolute Gasteiger partial charge is 0.245 e. The molecule has 0 spiro atoms. The SMILES string of the molecule is CCCCCCOc1ccc(C=CC(=O)Cl)cc1. The normalized spacial score (nSPS) is 10.8. The number of carbonyl (C=O) groups excluding carboxylic acids is 1. The molecule has 1 aromatic carbocycles. The Kier molecular flexibility index (Phi) is 7.19. The van der Waals surface area contributed by atoms with E-state index in [1.807, 2.05) is 24.3 Å². The molecule has 0 saturated heterocycles. The second-order valence-corrected chi connectivity index (χ2v) is 4.49. The number of hydrogen-bond acceptors (Lipinski definition) is 2. The van der Waals surface area contributed by atoms with Crippen molar-refractivity contribution in [1.82, 2.24) is 0 Å². The highest BCUT2D eigenvalue weighted by Crippen LogP contribution is 2.14. The summed E-state index contributed by atoms with van der Waals surface area (Å²) in [6.07, 6.45) is 7.83. The highest BCUT2D eigenvalue weighted by molar-refractivity contribution is 6.66. The lowest BCUT2D eigenvalue weighted by Gasteiger charge is -2.05. The van der Waals surface area contributed by atoms with Gasteiger partial charge in [-0.15, -0.1) is 0 Å². The van der Waals surface area contributed by atoms with Crippen LogP contribution in [0, 0.1) is 0 Å². The Hall–Kier alpha value is -1.28. The van der Waals surface area contributed by atoms with Gasteiger partial charge in [0.2, 0.25) is 5.24 Å². The quantitative estimate of drug-likeness (QED) is 0.395. The fraction of sp³-hybridized carbons (Fsp3) is 0.400. The third-order valence-electron chi connectivity index (χ3n) is 2.55. The summed E-state index contributed by atoms with van der Waals surface area (Å²) in [4.78, 5) is 10.6. The van der Waals surface area contributed by atoms with Gasteiger partial charge in [-0.25, -0.2) is 0 Å². The van der Waals surface area contributed by atoms with Crippen LogP contribution < -0.4 is 4.74 Å². The Morgan fingerprint density at radius 3 is 2.56 bits per heavy atom. The highest BCUT2D eigenvalue weighted by Gasteiger charge is 1.94. The summed E-state index contributed by atoms with van der Waals surface area (Å²) in [6.45, 7) is 2.95. The number of halogens is 1. The van der Waals surface area contributed by atoms with Crippen LogP contribution in [0.15, 0.2) is 30.3 Å². The van der Waals surface area contributed by atoms with Gasteiger partial charge >= 0.3 is 0 Å². The van der Waals surface area contributed by atoms with Crippen molar-refractivity contribution >= 4 is 22.9 Å². The Bertz CT molecular complexity index is 382. The van der Waals surface area contributed by atoms with Crippen molar-refractivity contribution in [2.45, 2.75) is 32.6 Å². The molecule has 0 fully saturated rings. The van der Waals surface area contributed by atoms with E-state index in [0.717, 1.165) is 24.3 Å². The molecule has 0 amide bonds. The van der Waals surface area contributed by atoms with Gasteiger partial charge in [0.15, 0.2) is 0 Å². The van der Waals surface area contributed by atoms with Gasteiger partial charge in [0.1, 0.15) is 5.75 Å². The topological polar surface area (TPSA) is 26.3 Å². The van der Waals surface area contributed by atoms with Crippen molar-refractivity contribution in [2.75, 3.05) is 6.61 Å². The van der Waals surface area contributed by atoms with Gasteiger partial charge in [-0.1, -0.05) is 44.4 Å². The first-order chi connectivity index (χ1) is 8.72. The van der Waals surface area contributed by atoms with Gasteiger partial charge in [0.25, 0.3) is 0 Å². The molecule has 0 heterocycles. The summed E-state index contributed by atoms with van der Waals surface area (Å²) in [6, 6.07) is 7.60. The zero-order chi connectivity index (χ0) is 13.2. The Balaban J connectivity index is 2.34. The zero-order valence-corrected chi connectivity index (χ0v) is 11.5. The molecule has 1 rings (SSSR count). The molecule has 1 aromatic rings. The fourth-order valence-corrected chi connectivity index (χ4v) is 1.62. The third-order valence-corrected chi connectivity index (χ3v) is 2.68. The Morgan fingerprint density at radius 1 is 1.22 bits per heavy atom. The van der Waals surface area contributed by atoms with Crippen molar-refractivity contribution in [3.05, 3.63) is 35.9 Å². The third kappa shape index (κ3) is 6.45. The average molecular weight is 267 g/mol. The molecular formula is C15H19ClO2. The van der Waals surface area contributed by atoms with E-state index >= 15 is 0 Å². The van der Waals surface area contributed by atoms with Crippen LogP contribution in [0.3, 0.4) is 0 Å². The maximum Gasteiger partial charge on any atom is 0.245 e. The Labute approximate surface area is 114 Å². The number of allylic oxidation sites excluding steroid dienone is 1. The van der Waals surface area contributed by atoms with E-state index in [0.29, 0.717) is 0 Å². The number of rotatable bonds is 8. The van der Waals surface area contributed by atoms with Crippen molar-refractivity contribution in [3.8, 4) is 5.75 Å². The number of ether oxygens (including phenoxy) is 1. The minimum absolute atomic E-state index is 0.466. The second kappa shape index (κ2) is 8.76. The minimum atomic E-state index is -0.466. The van der Waals surface area contributed by atoms with Gasteiger partial charge in [-0.3, -0.25) is 4.79 Å². The lowest BCUT2D eigenvalue weighted by atomic mass is 10.2. The van der Waals surface area contributed by atoms with E-state index in [1.54, 1.807) is 6.08 Å². The van der Waals surface area contributed by atoms with Crippen LogP contribution in [0.5, 0.6) is 5.75 Å². The maximum absolute atomic E-state index is 10.6. The first kappa shape index (κ1) is 14.8. The summed E-state index contributed by atoms with van der Waals surface area (Å²) in [5.41, 5.74) is 0.933. The molecule has 0 aliphatic carbocycles. The van der Waals surface area contributed by atoms with Crippen molar-refractivity contribution in [2.24, 2.45) is 0 Å². The summed E-state index contributed by atoms with van der Waals surface area (Å²) in [5, 5.41) is -0.466. The van der Waals surface area contributed by atoms with Crippen LogP contribution in [0.2, 0.25) is 0 Å². The lowest BCUT2D eigenvalue weighted by Crippen LogP contribution is -1.96. The van der Waals surface area contributed by atoms with Crippen molar-refractivity contribution in [3.63, 3.8) is 0 Å². The molecule has 0 radical (unpaired) electrons. The van der Waals surface area contributed by atoms with Crippen LogP contribution >= 0.6 is 11.6 Å². The van der Waals surface area contributed by atoms with Crippen LogP contribution in [0.4, 0.5) is 0 Å². The lowest BCUT2D eigenvalue weighted by molar-refractivity contribution is -0.107. The first-order valence-corrected chi connectivity index (χ1v) is 6.70. The van der Waals surface area contributed by atoms with Crippen molar-refractivity contribution in [1.29, 1.82) is 0 Å². The number of hydrogen-bond donors (Lipinski definition) is 0. The number of unbranched alkanes of at least 4 members (excludes halogenated alkanes) is 3. The van der Waals surface area contributed by atoms with E-state index in [-0.39, 0.29) is 0 Å². The molecule has 18 heavy (non-hydrogen) atoms. The van der Waals surface area contributed by atoms with Gasteiger partial charge in [-0.05, 0) is 41.8 Å². The van der Waals surface area contributed by atoms with E-state index in [1.165, 1.54) is 25.3 Å². The standard InChI is InChI=1S/C15H19ClO2/c1-2-3-4-5-12-18-14-9-6-13(7-10-14)8-11-15(16)17/h6-11H,2-5,12H2,1H3. The minimum Gasteiger partial charge on any atom is -0.494 e. The maximum atomic E-state index is 10.6. The van der Waals surface area contributed by atoms with Gasteiger partial charge < -0.3 is 4.74 Å². The van der Waals surface area contributed by atoms with Gasteiger partial charge in [0.05, 0.1) is 6.61 Å². The predicted octanol–water partition coefficient (Wildman–Crippen LogP) is 4.42. The first-order valence-electron chi connectivity index (χ1n) is 6.33. The molecular weight excluding hydrogens is 248 g/mol. The van der Waals surface area contributed by atoms with E-state index < -0.39 is 5.24 Å². The molecule has 0 N–H and O–H groups in total. The predicted molar refractivity (Wildman–Crippen MR) is 76.0 cm³/mol. The fourth-order valence-electron chi connectivity index (χ4n) is 1.56. The number of carbonyl (C=O) groups is 1. The molecule has 0 aliphatic heterocycles. The summed E-state index contributed by atoms with van der Waals surface area (Å²) >= 11 is 5.22. The number of benzene rings is 1. The highest BCUT2D eigenvalue weighted by atomic mass is 35.5. The summed E-state index contributed by atoms with van der Waals surface area (Å²) < 4.78 is 5.62. The van der Waals surface area contributed by atoms with Crippen LogP contribution in [0.25, 0.3) is 6.08 Å². The van der Waals surface area contributed by atoms with Crippen molar-refractivity contribution < 1.29 is 9.53 Å². The molecule has 0 unspecified atom stereocenters. The molecule has 0 aliphatic rings. The Morgan fingerprint density at radius 2 is 1.94 bits per heavy atom. The summed E-state index contributed by atoms with van der Waals surface area (Å²) in [7, 11) is 0. The molecule has 0 bridgehead atoms. The second-order valence-electron chi connectivity index (χ2n) is 4.12. The summed E-state index contributed by atoms with van der Waals surface area (Å²) in [5.74, 6) is 0.862. The molecule has 3 heteroatoms. The largest absolute Gasteiger partial charge is 0.494 e. The molecule has 98 valence electrons. The molecule has 0 aromatic heterocycles. The van der Waals surface area contributed by atoms with Crippen LogP contribution in [-0.4, -0.2) is 11.8 Å². The monoisotopic (exact) mass is 266 g/mol. The molecule has 0 saturated carbocycles. The zero-order valence-electron chi connectivity index (χ0n) is 10.7. The van der Waals surface area contributed by atoms with Gasteiger partial charge in [-0.2, -0.15) is 0 Å². The van der Waals surface area contributed by atoms with Crippen LogP contribution in [-0.2, 0) is 4.79 Å². The average Bonchev–Trinajstić information content (AvgIpc) is 2.37. The van der Waals surface area contributed by atoms with E-state index in [4.69, 9.17) is 16.3 Å². The molecule has 0 atom stereocenters. The van der Waals surface area contributed by atoms with Crippen LogP contribution in [0.1, 0.15) is 38.2 Å². The van der Waals surface area contributed by atoms with E-state index in [2.05, 4.69) is 6.92 Å². The molecule has 2 nitrogen and oxygen atoms in total.